The van der Waals surface area contributed by atoms with Crippen LogP contribution in [-0.2, 0) is 4.74 Å². The molecule has 3 heterocycles. The summed E-state index contributed by atoms with van der Waals surface area (Å²) in [5.74, 6) is 1.000. The molecule has 0 unspecified atom stereocenters. The Morgan fingerprint density at radius 1 is 1.10 bits per heavy atom. The lowest BCUT2D eigenvalue weighted by molar-refractivity contribution is 0.0544. The van der Waals surface area contributed by atoms with Gasteiger partial charge >= 0.3 is 0 Å². The number of rotatable bonds is 3. The van der Waals surface area contributed by atoms with Crippen molar-refractivity contribution in [3.8, 4) is 0 Å². The first-order valence-corrected chi connectivity index (χ1v) is 7.53. The lowest BCUT2D eigenvalue weighted by atomic mass is 9.92. The maximum Gasteiger partial charge on any atom is 0.225 e. The van der Waals surface area contributed by atoms with Gasteiger partial charge in [-0.05, 0) is 32.1 Å². The van der Waals surface area contributed by atoms with E-state index in [0.717, 1.165) is 31.9 Å². The molecule has 0 N–H and O–H groups in total. The fourth-order valence-electron chi connectivity index (χ4n) is 2.90. The lowest BCUT2D eigenvalue weighted by Gasteiger charge is -2.26. The molecule has 0 aliphatic carbocycles. The van der Waals surface area contributed by atoms with Crippen molar-refractivity contribution in [3.05, 3.63) is 18.0 Å². The van der Waals surface area contributed by atoms with Crippen molar-refractivity contribution in [1.29, 1.82) is 0 Å². The molecule has 20 heavy (non-hydrogen) atoms. The zero-order chi connectivity index (χ0) is 13.8. The molecule has 0 aromatic carbocycles. The molecule has 2 aliphatic rings. The van der Waals surface area contributed by atoms with Crippen LogP contribution in [0.3, 0.4) is 0 Å². The highest BCUT2D eigenvalue weighted by Crippen LogP contribution is 2.21. The molecule has 0 atom stereocenters. The number of carbonyl (C=O) groups excluding carboxylic acids is 1. The quantitative estimate of drug-likeness (QED) is 0.790. The minimum absolute atomic E-state index is 0.0770. The van der Waals surface area contributed by atoms with Gasteiger partial charge in [-0.2, -0.15) is 0 Å². The van der Waals surface area contributed by atoms with Crippen molar-refractivity contribution in [3.63, 3.8) is 0 Å². The summed E-state index contributed by atoms with van der Waals surface area (Å²) >= 11 is 0. The molecule has 2 saturated heterocycles. The number of aromatic nitrogens is 2. The van der Waals surface area contributed by atoms with Gasteiger partial charge in [0.2, 0.25) is 5.95 Å². The molecule has 0 radical (unpaired) electrons. The van der Waals surface area contributed by atoms with Gasteiger partial charge in [-0.15, -0.1) is 0 Å². The van der Waals surface area contributed by atoms with Gasteiger partial charge in [0.1, 0.15) is 0 Å². The van der Waals surface area contributed by atoms with Gasteiger partial charge in [0.25, 0.3) is 0 Å². The summed E-state index contributed by atoms with van der Waals surface area (Å²) in [6, 6.07) is 0. The number of ketones is 1. The van der Waals surface area contributed by atoms with Crippen LogP contribution in [-0.4, -0.2) is 42.1 Å². The van der Waals surface area contributed by atoms with Crippen molar-refractivity contribution < 1.29 is 9.53 Å². The van der Waals surface area contributed by atoms with Gasteiger partial charge in [-0.3, -0.25) is 4.79 Å². The van der Waals surface area contributed by atoms with E-state index in [2.05, 4.69) is 14.9 Å². The fourth-order valence-corrected chi connectivity index (χ4v) is 2.90. The molecule has 0 spiro atoms. The Morgan fingerprint density at radius 2 is 1.75 bits per heavy atom. The minimum Gasteiger partial charge on any atom is -0.381 e. The van der Waals surface area contributed by atoms with Crippen LogP contribution in [0.5, 0.6) is 0 Å². The van der Waals surface area contributed by atoms with E-state index in [4.69, 9.17) is 4.74 Å². The lowest BCUT2D eigenvalue weighted by Crippen LogP contribution is -2.31. The Morgan fingerprint density at radius 3 is 2.40 bits per heavy atom. The number of ether oxygens (including phenoxy) is 1. The van der Waals surface area contributed by atoms with Crippen molar-refractivity contribution >= 4 is 11.7 Å². The van der Waals surface area contributed by atoms with Crippen LogP contribution in [0.15, 0.2) is 12.4 Å². The Balaban J connectivity index is 1.67. The predicted octanol–water partition coefficient (Wildman–Crippen LogP) is 2.08. The third-order valence-corrected chi connectivity index (χ3v) is 4.15. The number of anilines is 1. The standard InChI is InChI=1S/C15H21N3O2/c19-14(12-4-8-20-9-5-12)13-10-16-15(17-11-13)18-6-2-1-3-7-18/h10-12H,1-9H2. The first kappa shape index (κ1) is 13.5. The number of Topliss-reactive ketones (excluding diaryl/α,β-unsaturated/α-hetero) is 1. The van der Waals surface area contributed by atoms with Gasteiger partial charge in [-0.25, -0.2) is 9.97 Å². The molecule has 3 rings (SSSR count). The monoisotopic (exact) mass is 275 g/mol. The maximum absolute atomic E-state index is 12.3. The molecule has 108 valence electrons. The molecule has 2 fully saturated rings. The third-order valence-electron chi connectivity index (χ3n) is 4.15. The van der Waals surface area contributed by atoms with Crippen molar-refractivity contribution in [1.82, 2.24) is 9.97 Å². The largest absolute Gasteiger partial charge is 0.381 e. The third kappa shape index (κ3) is 2.98. The van der Waals surface area contributed by atoms with Gasteiger partial charge in [0, 0.05) is 44.6 Å². The molecule has 0 saturated carbocycles. The van der Waals surface area contributed by atoms with E-state index in [1.165, 1.54) is 19.3 Å². The van der Waals surface area contributed by atoms with Gasteiger partial charge < -0.3 is 9.64 Å². The summed E-state index contributed by atoms with van der Waals surface area (Å²) in [7, 11) is 0. The predicted molar refractivity (Wildman–Crippen MR) is 76.0 cm³/mol. The highest BCUT2D eigenvalue weighted by Gasteiger charge is 2.23. The Labute approximate surface area is 119 Å². The SMILES string of the molecule is O=C(c1cnc(N2CCCCC2)nc1)C1CCOCC1. The Kier molecular flexibility index (Phi) is 4.25. The molecule has 5 nitrogen and oxygen atoms in total. The smallest absolute Gasteiger partial charge is 0.225 e. The number of piperidine rings is 1. The molecule has 2 aliphatic heterocycles. The number of nitrogens with zero attached hydrogens (tertiary/aromatic N) is 3. The van der Waals surface area contributed by atoms with Crippen molar-refractivity contribution in [2.24, 2.45) is 5.92 Å². The average molecular weight is 275 g/mol. The fraction of sp³-hybridized carbons (Fsp3) is 0.667. The van der Waals surface area contributed by atoms with Crippen molar-refractivity contribution in [2.45, 2.75) is 32.1 Å². The van der Waals surface area contributed by atoms with Crippen LogP contribution in [0, 0.1) is 5.92 Å². The van der Waals surface area contributed by atoms with E-state index in [0.29, 0.717) is 18.8 Å². The summed E-state index contributed by atoms with van der Waals surface area (Å²) < 4.78 is 5.29. The summed E-state index contributed by atoms with van der Waals surface area (Å²) in [4.78, 5) is 23.3. The second kappa shape index (κ2) is 6.31. The van der Waals surface area contributed by atoms with E-state index in [1.807, 2.05) is 0 Å². The normalized spacial score (nSPS) is 20.9. The van der Waals surface area contributed by atoms with Crippen molar-refractivity contribution in [2.75, 3.05) is 31.2 Å². The second-order valence-electron chi connectivity index (χ2n) is 5.57. The number of carbonyl (C=O) groups is 1. The Hall–Kier alpha value is -1.49. The van der Waals surface area contributed by atoms with E-state index < -0.39 is 0 Å². The molecule has 0 amide bonds. The van der Waals surface area contributed by atoms with E-state index in [-0.39, 0.29) is 11.7 Å². The van der Waals surface area contributed by atoms with Crippen LogP contribution < -0.4 is 4.90 Å². The first-order valence-electron chi connectivity index (χ1n) is 7.53. The van der Waals surface area contributed by atoms with E-state index >= 15 is 0 Å². The molecular formula is C15H21N3O2. The summed E-state index contributed by atoms with van der Waals surface area (Å²) in [6.07, 6.45) is 8.69. The van der Waals surface area contributed by atoms with Gasteiger partial charge in [0.15, 0.2) is 5.78 Å². The zero-order valence-corrected chi connectivity index (χ0v) is 11.8. The number of hydrogen-bond acceptors (Lipinski definition) is 5. The molecule has 5 heteroatoms. The summed E-state index contributed by atoms with van der Waals surface area (Å²) in [6.45, 7) is 3.41. The van der Waals surface area contributed by atoms with Crippen LogP contribution in [0.4, 0.5) is 5.95 Å². The molecule has 1 aromatic rings. The van der Waals surface area contributed by atoms with E-state index in [9.17, 15) is 4.79 Å². The Bertz CT molecular complexity index is 449. The van der Waals surface area contributed by atoms with Gasteiger partial charge in [-0.1, -0.05) is 0 Å². The highest BCUT2D eigenvalue weighted by molar-refractivity contribution is 5.97. The van der Waals surface area contributed by atoms with Crippen LogP contribution in [0.25, 0.3) is 0 Å². The van der Waals surface area contributed by atoms with Crippen LogP contribution in [0.1, 0.15) is 42.5 Å². The van der Waals surface area contributed by atoms with Gasteiger partial charge in [0.05, 0.1) is 5.56 Å². The van der Waals surface area contributed by atoms with Crippen LogP contribution in [0.2, 0.25) is 0 Å². The molecule has 1 aromatic heterocycles. The average Bonchev–Trinajstić information content (AvgIpc) is 2.56. The summed E-state index contributed by atoms with van der Waals surface area (Å²) in [5.41, 5.74) is 0.637. The molecule has 0 bridgehead atoms. The number of hydrogen-bond donors (Lipinski definition) is 0. The maximum atomic E-state index is 12.3. The second-order valence-corrected chi connectivity index (χ2v) is 5.57. The van der Waals surface area contributed by atoms with E-state index in [1.54, 1.807) is 12.4 Å². The minimum atomic E-state index is 0.0770. The first-order chi connectivity index (χ1) is 9.84. The topological polar surface area (TPSA) is 55.3 Å². The molecular weight excluding hydrogens is 254 g/mol. The zero-order valence-electron chi connectivity index (χ0n) is 11.8. The summed E-state index contributed by atoms with van der Waals surface area (Å²) in [5, 5.41) is 0. The van der Waals surface area contributed by atoms with Crippen LogP contribution >= 0.6 is 0 Å². The highest BCUT2D eigenvalue weighted by atomic mass is 16.5.